The van der Waals surface area contributed by atoms with Crippen LogP contribution < -0.4 is 19.9 Å². The van der Waals surface area contributed by atoms with E-state index >= 15 is 17.6 Å². The first-order chi connectivity index (χ1) is 41.4. The van der Waals surface area contributed by atoms with Gasteiger partial charge in [0.2, 0.25) is 0 Å². The van der Waals surface area contributed by atoms with Crippen molar-refractivity contribution < 1.29 is 74.1 Å². The second kappa shape index (κ2) is 22.8. The van der Waals surface area contributed by atoms with E-state index in [0.29, 0.717) is 78.1 Å². The summed E-state index contributed by atoms with van der Waals surface area (Å²) in [5.41, 5.74) is 4.04. The van der Waals surface area contributed by atoms with Gasteiger partial charge in [-0.05, 0) is 121 Å². The summed E-state index contributed by atoms with van der Waals surface area (Å²) in [6.45, 7) is 0. The molecule has 0 saturated heterocycles. The van der Waals surface area contributed by atoms with Crippen molar-refractivity contribution in [3.05, 3.63) is 227 Å². The van der Waals surface area contributed by atoms with E-state index in [1.165, 1.54) is 12.1 Å². The molecule has 0 radical (unpaired) electrons. The second-order valence-electron chi connectivity index (χ2n) is 20.4. The minimum absolute atomic E-state index is 0. The van der Waals surface area contributed by atoms with E-state index in [-0.39, 0.29) is 94.9 Å². The molecule has 4 aromatic carbocycles. The Kier molecular flexibility index (Phi) is 15.5. The Bertz CT molecular complexity index is 4910. The van der Waals surface area contributed by atoms with Crippen molar-refractivity contribution in [2.24, 2.45) is 0 Å². The number of nitrogens with zero attached hydrogens (tertiary/aromatic N) is 8. The molecule has 0 N–H and O–H groups in total. The summed E-state index contributed by atoms with van der Waals surface area (Å²) in [6.07, 6.45) is 11.1. The number of benzene rings is 4. The van der Waals surface area contributed by atoms with Gasteiger partial charge in [-0.1, -0.05) is 176 Å². The molecule has 10 heterocycles. The molecule has 16 bridgehead atoms. The fraction of sp³-hybridized carbons (Fsp3) is 0.0588. The molecule has 10 aromatic rings. The summed E-state index contributed by atoms with van der Waals surface area (Å²) >= 11 is 10.5. The summed E-state index contributed by atoms with van der Waals surface area (Å²) < 4.78 is 125. The zero-order chi connectivity index (χ0) is 59.3. The van der Waals surface area contributed by atoms with Crippen LogP contribution in [-0.4, -0.2) is 36.6 Å². The first-order valence-corrected chi connectivity index (χ1v) is 27.4. The zero-order valence-electron chi connectivity index (χ0n) is 45.6. The molecule has 0 aliphatic carbocycles. The molecule has 422 valence electrons. The first-order valence-electron chi connectivity index (χ1n) is 26.6. The number of hydrogen-bond donors (Lipinski definition) is 0. The summed E-state index contributed by atoms with van der Waals surface area (Å²) in [7, 11) is 0. The van der Waals surface area contributed by atoms with Crippen LogP contribution in [0.5, 0.6) is 0 Å². The van der Waals surface area contributed by atoms with Gasteiger partial charge in [-0.15, -0.1) is 44.1 Å². The molecule has 8 nitrogen and oxygen atoms in total. The van der Waals surface area contributed by atoms with Crippen LogP contribution in [0.2, 0.25) is 0 Å². The van der Waals surface area contributed by atoms with Gasteiger partial charge >= 0.3 is 61.6 Å². The molecule has 0 spiro atoms. The summed E-state index contributed by atoms with van der Waals surface area (Å²) in [5, 5.41) is -10.1. The minimum atomic E-state index is -5.04. The standard InChI is InChI=1S/C68H36Cl2F8N8.2Zn/c69-67(75,76)65(71,72)43-35-57-61(39-17-9-3-10-18-39)49-27-31-53(83-49)63(51-29-25-47(81-51)59(37-13-5-1-6-14-37)45-23-21-41(79-45)33-55(43)85-57)64-52-30-26-48(82-52)60(38-15-7-2-8-16-38)46-24-22-42(80-46)34-56-44(66(73,74)68(70,77)78)36-58(86-56)62(40-19-11-4-12-20-40)50-28-32-54(64)84-50;;/h1-36H;;/q-4;2*+2. The summed E-state index contributed by atoms with van der Waals surface area (Å²) in [4.78, 5) is 40.3. The van der Waals surface area contributed by atoms with Crippen molar-refractivity contribution >= 4 is 115 Å². The monoisotopic (exact) mass is 1310 g/mol. The maximum Gasteiger partial charge on any atom is 2.00 e. The fourth-order valence-electron chi connectivity index (χ4n) is 11.1. The Morgan fingerprint density at radius 1 is 0.318 bits per heavy atom. The quantitative estimate of drug-likeness (QED) is 0.0799. The number of rotatable bonds is 9. The third kappa shape index (κ3) is 10.5. The van der Waals surface area contributed by atoms with E-state index in [9.17, 15) is 17.6 Å². The number of allylic oxidation sites excluding steroid dienone is 1. The van der Waals surface area contributed by atoms with Gasteiger partial charge in [0.05, 0.1) is 51.1 Å². The zero-order valence-corrected chi connectivity index (χ0v) is 53.0. The topological polar surface area (TPSA) is 108 Å². The molecule has 0 fully saturated rings. The number of alkyl halides is 10. The van der Waals surface area contributed by atoms with Crippen LogP contribution in [-0.2, 0) is 44.9 Å². The minimum Gasteiger partial charge on any atom is -0.657 e. The average molecular weight is 1320 g/mol. The number of halogens is 10. The fourth-order valence-corrected chi connectivity index (χ4v) is 11.3. The van der Waals surface area contributed by atoms with Crippen molar-refractivity contribution in [3.8, 4) is 55.6 Å². The van der Waals surface area contributed by atoms with Crippen LogP contribution in [0.15, 0.2) is 176 Å². The predicted octanol–water partition coefficient (Wildman–Crippen LogP) is 18.2. The van der Waals surface area contributed by atoms with Crippen molar-refractivity contribution in [3.63, 3.8) is 0 Å². The molecule has 20 heteroatoms. The van der Waals surface area contributed by atoms with E-state index in [1.807, 2.05) is 72.8 Å². The first kappa shape index (κ1) is 59.7. The molecule has 14 rings (SSSR count). The van der Waals surface area contributed by atoms with Crippen molar-refractivity contribution in [2.75, 3.05) is 0 Å². The van der Waals surface area contributed by atoms with Gasteiger partial charge in [-0.25, -0.2) is 19.9 Å². The Balaban J connectivity index is 0.00000377. The van der Waals surface area contributed by atoms with Crippen LogP contribution in [0.1, 0.15) is 51.1 Å². The van der Waals surface area contributed by atoms with Gasteiger partial charge in [-0.2, -0.15) is 35.1 Å². The molecule has 4 aliphatic heterocycles. The van der Waals surface area contributed by atoms with Crippen LogP contribution in [0, 0.1) is 0 Å². The van der Waals surface area contributed by atoms with Gasteiger partial charge in [0.15, 0.2) is 0 Å². The largest absolute Gasteiger partial charge is 2.00 e. The third-order valence-corrected chi connectivity index (χ3v) is 15.5. The van der Waals surface area contributed by atoms with E-state index < -0.39 is 45.0 Å². The van der Waals surface area contributed by atoms with Gasteiger partial charge in [0.25, 0.3) is 0 Å². The van der Waals surface area contributed by atoms with Gasteiger partial charge in [0, 0.05) is 5.56 Å². The Morgan fingerprint density at radius 3 is 1.14 bits per heavy atom. The van der Waals surface area contributed by atoms with Crippen molar-refractivity contribution in [2.45, 2.75) is 22.6 Å². The van der Waals surface area contributed by atoms with Gasteiger partial charge < -0.3 is 19.9 Å². The maximum absolute atomic E-state index is 16.2. The third-order valence-electron chi connectivity index (χ3n) is 15.0. The summed E-state index contributed by atoms with van der Waals surface area (Å²) in [6, 6.07) is 49.0. The number of hydrogen-bond acceptors (Lipinski definition) is 4. The molecule has 0 amide bonds. The smallest absolute Gasteiger partial charge is 0.657 e. The van der Waals surface area contributed by atoms with Gasteiger partial charge in [-0.3, -0.25) is 0 Å². The number of fused-ring (bicyclic) bond motifs is 16. The second-order valence-corrected chi connectivity index (χ2v) is 21.4. The average Bonchev–Trinajstić information content (AvgIpc) is 2.92. The van der Waals surface area contributed by atoms with Crippen LogP contribution in [0.25, 0.3) is 148 Å². The number of aromatic nitrogens is 8. The Labute approximate surface area is 531 Å². The molecule has 88 heavy (non-hydrogen) atoms. The molecule has 0 saturated carbocycles. The molecule has 0 unspecified atom stereocenters. The Morgan fingerprint density at radius 2 is 0.682 bits per heavy atom. The van der Waals surface area contributed by atoms with Crippen molar-refractivity contribution in [1.82, 2.24) is 39.9 Å². The Hall–Kier alpha value is -8.65. The van der Waals surface area contributed by atoms with Crippen LogP contribution in [0.3, 0.4) is 0 Å². The van der Waals surface area contributed by atoms with Crippen molar-refractivity contribution in [1.29, 1.82) is 0 Å². The molecule has 4 aliphatic rings. The SMILES string of the molecule is FC(F)(Cl)C(F)(F)C1=Cc2nc1cc1ccc([n-]1)c(-c1ccccc1)c1nc(c(-c3c4nc(c(-c5ccccc5)c5cc(C(F)(F)C(F)(F)Cl)c(cc6nc(c(-c7ccccc7)c7ccc3[n-]7)C=C6)[n-]5)C=C4)c3ccc([n-]3)c2-c2ccccc2)C=C1.[Zn+2].[Zn+2]. The molecular weight excluding hydrogens is 1280 g/mol. The van der Waals surface area contributed by atoms with E-state index in [0.717, 1.165) is 12.1 Å². The normalized spacial score (nSPS) is 13.1. The maximum atomic E-state index is 16.2. The molecule has 0 atom stereocenters. The molecular formula is C68H36Cl2F8N8Zn2. The molecule has 6 aromatic heterocycles. The van der Waals surface area contributed by atoms with E-state index in [4.69, 9.17) is 53.1 Å². The predicted molar refractivity (Wildman–Crippen MR) is 324 cm³/mol. The van der Waals surface area contributed by atoms with E-state index in [1.54, 1.807) is 121 Å². The van der Waals surface area contributed by atoms with Crippen LogP contribution in [0.4, 0.5) is 35.1 Å². The van der Waals surface area contributed by atoms with Gasteiger partial charge in [0.1, 0.15) is 0 Å². The summed E-state index contributed by atoms with van der Waals surface area (Å²) in [5.74, 6) is -9.87. The van der Waals surface area contributed by atoms with E-state index in [2.05, 4.69) is 9.97 Å². The van der Waals surface area contributed by atoms with Crippen LogP contribution >= 0.6 is 23.2 Å².